The van der Waals surface area contributed by atoms with E-state index >= 15 is 0 Å². The third-order valence-electron chi connectivity index (χ3n) is 3.64. The van der Waals surface area contributed by atoms with E-state index < -0.39 is 0 Å². The Labute approximate surface area is 143 Å². The Balaban J connectivity index is 1.94. The molecule has 0 saturated carbocycles. The first-order chi connectivity index (χ1) is 11.2. The molecule has 0 spiro atoms. The molecule has 3 rings (SSSR count). The van der Waals surface area contributed by atoms with Gasteiger partial charge in [0.05, 0.1) is 12.8 Å². The lowest BCUT2D eigenvalue weighted by Crippen LogP contribution is -2.06. The van der Waals surface area contributed by atoms with Crippen molar-refractivity contribution in [2.75, 3.05) is 12.8 Å². The van der Waals surface area contributed by atoms with Crippen LogP contribution in [0.25, 0.3) is 0 Å². The molecule has 0 amide bonds. The van der Waals surface area contributed by atoms with Crippen LogP contribution in [0.15, 0.2) is 48.0 Å². The maximum Gasteiger partial charge on any atom is 0.180 e. The summed E-state index contributed by atoms with van der Waals surface area (Å²) in [7, 11) is 1.66. The van der Waals surface area contributed by atoms with Gasteiger partial charge in [-0.25, -0.2) is 9.97 Å². The summed E-state index contributed by atoms with van der Waals surface area (Å²) in [5.74, 6) is 0.941. The van der Waals surface area contributed by atoms with E-state index in [0.29, 0.717) is 10.3 Å². The second-order valence-corrected chi connectivity index (χ2v) is 6.41. The molecule has 1 unspecified atom stereocenters. The molecule has 23 heavy (non-hydrogen) atoms. The van der Waals surface area contributed by atoms with Crippen molar-refractivity contribution in [1.82, 2.24) is 9.97 Å². The quantitative estimate of drug-likeness (QED) is 0.705. The van der Waals surface area contributed by atoms with E-state index in [2.05, 4.69) is 22.1 Å². The van der Waals surface area contributed by atoms with Crippen molar-refractivity contribution in [1.29, 1.82) is 0 Å². The highest BCUT2D eigenvalue weighted by atomic mass is 35.5. The molecule has 0 radical (unpaired) electrons. The Kier molecular flexibility index (Phi) is 4.79. The highest BCUT2D eigenvalue weighted by molar-refractivity contribution is 7.13. The van der Waals surface area contributed by atoms with E-state index in [1.165, 1.54) is 11.3 Å². The van der Waals surface area contributed by atoms with Gasteiger partial charge >= 0.3 is 0 Å². The van der Waals surface area contributed by atoms with Crippen LogP contribution in [0, 0.1) is 0 Å². The van der Waals surface area contributed by atoms with E-state index in [0.717, 1.165) is 29.0 Å². The van der Waals surface area contributed by atoms with Gasteiger partial charge in [0.15, 0.2) is 5.13 Å². The molecule has 2 aromatic heterocycles. The van der Waals surface area contributed by atoms with Gasteiger partial charge in [0.25, 0.3) is 0 Å². The molecule has 2 heterocycles. The lowest BCUT2D eigenvalue weighted by Gasteiger charge is -2.16. The van der Waals surface area contributed by atoms with Crippen LogP contribution < -0.4 is 10.5 Å². The lowest BCUT2D eigenvalue weighted by molar-refractivity contribution is 0.414. The van der Waals surface area contributed by atoms with Crippen LogP contribution in [-0.2, 0) is 6.42 Å². The average molecular weight is 346 g/mol. The molecule has 2 N–H and O–H groups in total. The van der Waals surface area contributed by atoms with Crippen molar-refractivity contribution in [2.24, 2.45) is 0 Å². The first-order valence-electron chi connectivity index (χ1n) is 7.11. The van der Waals surface area contributed by atoms with Gasteiger partial charge in [0.2, 0.25) is 0 Å². The molecule has 3 aromatic rings. The van der Waals surface area contributed by atoms with Crippen LogP contribution in [0.2, 0.25) is 5.15 Å². The summed E-state index contributed by atoms with van der Waals surface area (Å²) in [5, 5.41) is 3.08. The summed E-state index contributed by atoms with van der Waals surface area (Å²) in [6, 6.07) is 11.8. The number of benzene rings is 1. The van der Waals surface area contributed by atoms with Crippen molar-refractivity contribution in [3.05, 3.63) is 69.9 Å². The number of ether oxygens (including phenoxy) is 1. The highest BCUT2D eigenvalue weighted by Gasteiger charge is 2.18. The normalized spacial score (nSPS) is 12.1. The molecule has 0 aliphatic carbocycles. The van der Waals surface area contributed by atoms with Gasteiger partial charge in [-0.3, -0.25) is 0 Å². The Morgan fingerprint density at radius 3 is 2.57 bits per heavy atom. The van der Waals surface area contributed by atoms with E-state index in [-0.39, 0.29) is 5.92 Å². The minimum absolute atomic E-state index is 0.109. The predicted molar refractivity (Wildman–Crippen MR) is 94.3 cm³/mol. The molecule has 0 aliphatic heterocycles. The first kappa shape index (κ1) is 15.8. The third kappa shape index (κ3) is 3.81. The molecule has 1 aromatic carbocycles. The van der Waals surface area contributed by atoms with E-state index in [9.17, 15) is 0 Å². The Morgan fingerprint density at radius 2 is 2.00 bits per heavy atom. The second-order valence-electron chi connectivity index (χ2n) is 5.13. The number of methoxy groups -OCH3 is 1. The molecular formula is C17H16ClN3OS. The molecule has 1 atom stereocenters. The largest absolute Gasteiger partial charge is 0.497 e. The van der Waals surface area contributed by atoms with Crippen molar-refractivity contribution in [2.45, 2.75) is 12.3 Å². The molecule has 4 nitrogen and oxygen atoms in total. The van der Waals surface area contributed by atoms with E-state index in [1.54, 1.807) is 19.4 Å². The molecule has 118 valence electrons. The highest BCUT2D eigenvalue weighted by Crippen LogP contribution is 2.31. The number of pyridine rings is 1. The zero-order chi connectivity index (χ0) is 16.2. The minimum Gasteiger partial charge on any atom is -0.497 e. The first-order valence-corrected chi connectivity index (χ1v) is 8.37. The fraction of sp³-hybridized carbons (Fsp3) is 0.176. The van der Waals surface area contributed by atoms with Gasteiger partial charge in [-0.05, 0) is 35.7 Å². The summed E-state index contributed by atoms with van der Waals surface area (Å²) in [5.41, 5.74) is 9.03. The molecule has 0 fully saturated rings. The van der Waals surface area contributed by atoms with E-state index in [1.807, 2.05) is 23.6 Å². The van der Waals surface area contributed by atoms with Crippen LogP contribution in [0.4, 0.5) is 5.13 Å². The van der Waals surface area contributed by atoms with Crippen molar-refractivity contribution >= 4 is 28.1 Å². The zero-order valence-electron chi connectivity index (χ0n) is 12.6. The summed E-state index contributed by atoms with van der Waals surface area (Å²) in [6.07, 6.45) is 2.58. The Morgan fingerprint density at radius 1 is 1.22 bits per heavy atom. The molecule has 0 aliphatic rings. The fourth-order valence-corrected chi connectivity index (χ4v) is 3.18. The number of aromatic nitrogens is 2. The zero-order valence-corrected chi connectivity index (χ0v) is 14.1. The number of nitrogen functional groups attached to an aromatic ring is 1. The molecular weight excluding hydrogens is 330 g/mol. The number of halogens is 1. The van der Waals surface area contributed by atoms with Crippen molar-refractivity contribution < 1.29 is 4.74 Å². The smallest absolute Gasteiger partial charge is 0.180 e. The number of hydrogen-bond acceptors (Lipinski definition) is 5. The maximum absolute atomic E-state index is 5.87. The molecule has 0 saturated heterocycles. The van der Waals surface area contributed by atoms with Gasteiger partial charge in [-0.1, -0.05) is 29.8 Å². The summed E-state index contributed by atoms with van der Waals surface area (Å²) < 4.78 is 5.23. The van der Waals surface area contributed by atoms with Gasteiger partial charge in [0, 0.05) is 17.5 Å². The topological polar surface area (TPSA) is 61.0 Å². The molecule has 0 bridgehead atoms. The Hall–Kier alpha value is -2.11. The average Bonchev–Trinajstić information content (AvgIpc) is 3.01. The van der Waals surface area contributed by atoms with Crippen LogP contribution >= 0.6 is 22.9 Å². The number of hydrogen-bond donors (Lipinski definition) is 1. The third-order valence-corrected chi connectivity index (χ3v) is 4.56. The standard InChI is InChI=1S/C17H16ClN3OS/c1-22-13-5-3-12(4-6-13)14(15-10-23-17(19)21-15)8-11-2-7-16(18)20-9-11/h2-7,9-10,14H,8H2,1H3,(H2,19,21). The summed E-state index contributed by atoms with van der Waals surface area (Å²) >= 11 is 7.32. The number of nitrogens with two attached hydrogens (primary N) is 1. The monoisotopic (exact) mass is 345 g/mol. The van der Waals surface area contributed by atoms with Crippen LogP contribution in [0.1, 0.15) is 22.7 Å². The van der Waals surface area contributed by atoms with E-state index in [4.69, 9.17) is 22.1 Å². The Bertz CT molecular complexity index is 771. The van der Waals surface area contributed by atoms with Crippen molar-refractivity contribution in [3.8, 4) is 5.75 Å². The predicted octanol–water partition coefficient (Wildman–Crippen LogP) is 4.16. The SMILES string of the molecule is COc1ccc(C(Cc2ccc(Cl)nc2)c2csc(N)n2)cc1. The number of thiazole rings is 1. The van der Waals surface area contributed by atoms with Gasteiger partial charge in [0.1, 0.15) is 10.9 Å². The van der Waals surface area contributed by atoms with Crippen LogP contribution in [0.3, 0.4) is 0 Å². The van der Waals surface area contributed by atoms with Gasteiger partial charge in [-0.2, -0.15) is 0 Å². The maximum atomic E-state index is 5.87. The van der Waals surface area contributed by atoms with Crippen LogP contribution in [0.5, 0.6) is 5.75 Å². The van der Waals surface area contributed by atoms with Gasteiger partial charge in [-0.15, -0.1) is 11.3 Å². The van der Waals surface area contributed by atoms with Crippen molar-refractivity contribution in [3.63, 3.8) is 0 Å². The lowest BCUT2D eigenvalue weighted by atomic mass is 9.90. The summed E-state index contributed by atoms with van der Waals surface area (Å²) in [4.78, 5) is 8.62. The van der Waals surface area contributed by atoms with Gasteiger partial charge < -0.3 is 10.5 Å². The number of anilines is 1. The number of nitrogens with zero attached hydrogens (tertiary/aromatic N) is 2. The summed E-state index contributed by atoms with van der Waals surface area (Å²) in [6.45, 7) is 0. The molecule has 6 heteroatoms. The second kappa shape index (κ2) is 6.98. The minimum atomic E-state index is 0.109. The fourth-order valence-electron chi connectivity index (χ4n) is 2.45. The number of rotatable bonds is 5. The van der Waals surface area contributed by atoms with Crippen LogP contribution in [-0.4, -0.2) is 17.1 Å².